The second-order valence-electron chi connectivity index (χ2n) is 6.60. The Labute approximate surface area is 172 Å². The summed E-state index contributed by atoms with van der Waals surface area (Å²) in [5.74, 6) is 0.473. The highest BCUT2D eigenvalue weighted by Gasteiger charge is 2.20. The van der Waals surface area contributed by atoms with Gasteiger partial charge in [-0.15, -0.1) is 10.2 Å². The fourth-order valence-electron chi connectivity index (χ4n) is 3.21. The van der Waals surface area contributed by atoms with Crippen molar-refractivity contribution in [3.8, 4) is 11.5 Å². The molecule has 0 atom stereocenters. The number of hydrogen-bond donors (Lipinski definition) is 0. The van der Waals surface area contributed by atoms with Gasteiger partial charge in [-0.1, -0.05) is 47.7 Å². The van der Waals surface area contributed by atoms with E-state index in [1.807, 2.05) is 62.4 Å². The minimum atomic E-state index is -0.401. The van der Waals surface area contributed by atoms with Gasteiger partial charge in [-0.05, 0) is 37.6 Å². The van der Waals surface area contributed by atoms with E-state index in [1.54, 1.807) is 0 Å². The van der Waals surface area contributed by atoms with Crippen LogP contribution in [0.5, 0.6) is 0 Å². The molecule has 0 aliphatic carbocycles. The van der Waals surface area contributed by atoms with Crippen molar-refractivity contribution in [3.05, 3.63) is 70.9 Å². The molecule has 0 bridgehead atoms. The molecule has 0 N–H and O–H groups in total. The highest BCUT2D eigenvalue weighted by Crippen LogP contribution is 2.30. The first-order valence-electron chi connectivity index (χ1n) is 9.06. The Hall–Kier alpha value is -3.19. The number of hydrogen-bond acceptors (Lipinski definition) is 7. The predicted molar refractivity (Wildman–Crippen MR) is 112 cm³/mol. The number of aromatic nitrogens is 3. The molecule has 146 valence electrons. The summed E-state index contributed by atoms with van der Waals surface area (Å²) in [6, 6.07) is 15.6. The minimum Gasteiger partial charge on any atom is -0.465 e. The van der Waals surface area contributed by atoms with Crippen LogP contribution in [-0.4, -0.2) is 28.3 Å². The van der Waals surface area contributed by atoms with E-state index in [2.05, 4.69) is 15.2 Å². The topological polar surface area (TPSA) is 78.1 Å². The van der Waals surface area contributed by atoms with Crippen LogP contribution < -0.4 is 0 Å². The minimum absolute atomic E-state index is 0.401. The SMILES string of the molecule is COC(=O)c1c(CSc2nnc(-c3cccc(C)c3)o2)nc2ccccc2c1C. The largest absolute Gasteiger partial charge is 0.465 e. The zero-order valence-corrected chi connectivity index (χ0v) is 17.1. The summed E-state index contributed by atoms with van der Waals surface area (Å²) in [6.45, 7) is 3.92. The van der Waals surface area contributed by atoms with E-state index in [9.17, 15) is 4.79 Å². The van der Waals surface area contributed by atoms with E-state index in [4.69, 9.17) is 9.15 Å². The zero-order valence-electron chi connectivity index (χ0n) is 16.3. The lowest BCUT2D eigenvalue weighted by atomic mass is 10.0. The number of methoxy groups -OCH3 is 1. The number of esters is 1. The van der Waals surface area contributed by atoms with Crippen LogP contribution in [-0.2, 0) is 10.5 Å². The molecule has 4 aromatic rings. The number of rotatable bonds is 5. The standard InChI is InChI=1S/C22H19N3O3S/c1-13-7-6-8-15(11-13)20-24-25-22(28-20)29-12-18-19(21(26)27-3)14(2)16-9-4-5-10-17(16)23-18/h4-11H,12H2,1-3H3. The van der Waals surface area contributed by atoms with Gasteiger partial charge in [0.05, 0.1) is 23.9 Å². The highest BCUT2D eigenvalue weighted by atomic mass is 32.2. The van der Waals surface area contributed by atoms with Gasteiger partial charge in [0, 0.05) is 16.7 Å². The van der Waals surface area contributed by atoms with E-state index in [0.717, 1.165) is 27.6 Å². The number of aryl methyl sites for hydroxylation is 2. The molecule has 2 heterocycles. The summed E-state index contributed by atoms with van der Waals surface area (Å²) in [5.41, 5.74) is 4.79. The van der Waals surface area contributed by atoms with E-state index in [-0.39, 0.29) is 0 Å². The molecular formula is C22H19N3O3S. The summed E-state index contributed by atoms with van der Waals surface area (Å²) in [7, 11) is 1.38. The third-order valence-corrected chi connectivity index (χ3v) is 5.45. The third kappa shape index (κ3) is 3.86. The fourth-order valence-corrected chi connectivity index (χ4v) is 3.92. The molecule has 0 spiro atoms. The van der Waals surface area contributed by atoms with Gasteiger partial charge in [0.15, 0.2) is 0 Å². The molecular weight excluding hydrogens is 386 g/mol. The van der Waals surface area contributed by atoms with Gasteiger partial charge in [-0.3, -0.25) is 4.98 Å². The van der Waals surface area contributed by atoms with E-state index >= 15 is 0 Å². The molecule has 0 radical (unpaired) electrons. The van der Waals surface area contributed by atoms with E-state index in [0.29, 0.717) is 28.1 Å². The van der Waals surface area contributed by atoms with Gasteiger partial charge in [0.2, 0.25) is 5.89 Å². The lowest BCUT2D eigenvalue weighted by Gasteiger charge is -2.12. The molecule has 0 amide bonds. The van der Waals surface area contributed by atoms with Gasteiger partial charge >= 0.3 is 5.97 Å². The van der Waals surface area contributed by atoms with Crippen LogP contribution in [0.1, 0.15) is 27.2 Å². The molecule has 0 saturated heterocycles. The molecule has 0 aliphatic heterocycles. The average Bonchev–Trinajstić information content (AvgIpc) is 3.21. The number of ether oxygens (including phenoxy) is 1. The second-order valence-corrected chi connectivity index (χ2v) is 7.53. The number of fused-ring (bicyclic) bond motifs is 1. The number of benzene rings is 2. The van der Waals surface area contributed by atoms with Crippen LogP contribution in [0.2, 0.25) is 0 Å². The number of carbonyl (C=O) groups excluding carboxylic acids is 1. The fraction of sp³-hybridized carbons (Fsp3) is 0.182. The zero-order chi connectivity index (χ0) is 20.4. The normalized spacial score (nSPS) is 11.0. The predicted octanol–water partition coefficient (Wildman–Crippen LogP) is 4.98. The van der Waals surface area contributed by atoms with Crippen molar-refractivity contribution in [1.29, 1.82) is 0 Å². The molecule has 0 aliphatic rings. The summed E-state index contributed by atoms with van der Waals surface area (Å²) in [6.07, 6.45) is 0. The van der Waals surface area contributed by atoms with Crippen molar-refractivity contribution in [1.82, 2.24) is 15.2 Å². The van der Waals surface area contributed by atoms with Crippen LogP contribution in [0.25, 0.3) is 22.4 Å². The molecule has 0 fully saturated rings. The molecule has 6 nitrogen and oxygen atoms in total. The Balaban J connectivity index is 1.64. The average molecular weight is 405 g/mol. The van der Waals surface area contributed by atoms with Crippen LogP contribution in [0.4, 0.5) is 0 Å². The van der Waals surface area contributed by atoms with Crippen molar-refractivity contribution < 1.29 is 13.9 Å². The van der Waals surface area contributed by atoms with Gasteiger partial charge in [0.25, 0.3) is 5.22 Å². The molecule has 7 heteroatoms. The molecule has 0 saturated carbocycles. The summed E-state index contributed by atoms with van der Waals surface area (Å²) < 4.78 is 10.8. The third-order valence-electron chi connectivity index (χ3n) is 4.62. The molecule has 29 heavy (non-hydrogen) atoms. The smallest absolute Gasteiger partial charge is 0.340 e. The molecule has 2 aromatic heterocycles. The number of carbonyl (C=O) groups is 1. The Kier molecular flexibility index (Phi) is 5.31. The number of pyridine rings is 1. The van der Waals surface area contributed by atoms with Crippen molar-refractivity contribution in [3.63, 3.8) is 0 Å². The van der Waals surface area contributed by atoms with Gasteiger partial charge in [-0.25, -0.2) is 4.79 Å². The first kappa shape index (κ1) is 19.1. The van der Waals surface area contributed by atoms with Gasteiger partial charge in [-0.2, -0.15) is 0 Å². The van der Waals surface area contributed by atoms with Crippen LogP contribution in [0, 0.1) is 13.8 Å². The highest BCUT2D eigenvalue weighted by molar-refractivity contribution is 7.98. The second kappa shape index (κ2) is 8.05. The van der Waals surface area contributed by atoms with Crippen molar-refractivity contribution in [2.45, 2.75) is 24.8 Å². The van der Waals surface area contributed by atoms with Gasteiger partial charge in [0.1, 0.15) is 0 Å². The molecule has 2 aromatic carbocycles. The lowest BCUT2D eigenvalue weighted by Crippen LogP contribution is -2.10. The van der Waals surface area contributed by atoms with Crippen LogP contribution in [0.3, 0.4) is 0 Å². The van der Waals surface area contributed by atoms with Crippen LogP contribution >= 0.6 is 11.8 Å². The Morgan fingerprint density at radius 1 is 1.10 bits per heavy atom. The summed E-state index contributed by atoms with van der Waals surface area (Å²) in [5, 5.41) is 9.60. The monoisotopic (exact) mass is 405 g/mol. The van der Waals surface area contributed by atoms with Crippen molar-refractivity contribution >= 4 is 28.6 Å². The summed E-state index contributed by atoms with van der Waals surface area (Å²) >= 11 is 1.34. The first-order valence-corrected chi connectivity index (χ1v) is 10.0. The molecule has 4 rings (SSSR count). The number of thioether (sulfide) groups is 1. The van der Waals surface area contributed by atoms with Gasteiger partial charge < -0.3 is 9.15 Å². The van der Waals surface area contributed by atoms with Crippen molar-refractivity contribution in [2.24, 2.45) is 0 Å². The number of para-hydroxylation sites is 1. The maximum atomic E-state index is 12.4. The van der Waals surface area contributed by atoms with E-state index in [1.165, 1.54) is 18.9 Å². The molecule has 0 unspecified atom stereocenters. The van der Waals surface area contributed by atoms with Crippen molar-refractivity contribution in [2.75, 3.05) is 7.11 Å². The van der Waals surface area contributed by atoms with E-state index < -0.39 is 5.97 Å². The van der Waals surface area contributed by atoms with Crippen LogP contribution in [0.15, 0.2) is 58.2 Å². The maximum absolute atomic E-state index is 12.4. The Bertz CT molecular complexity index is 1200. The quantitative estimate of drug-likeness (QED) is 0.342. The Morgan fingerprint density at radius 2 is 1.93 bits per heavy atom. The lowest BCUT2D eigenvalue weighted by molar-refractivity contribution is 0.0598. The maximum Gasteiger partial charge on any atom is 0.340 e. The first-order chi connectivity index (χ1) is 14.1. The summed E-state index contributed by atoms with van der Waals surface area (Å²) in [4.78, 5) is 17.1. The Morgan fingerprint density at radius 3 is 2.72 bits per heavy atom. The number of nitrogens with zero attached hydrogens (tertiary/aromatic N) is 3.